The number of ether oxygens (including phenoxy) is 1. The molecule has 0 saturated carbocycles. The molecule has 2 aromatic rings. The standard InChI is InChI=1S/C16H17NO5/c1-2-13(16(19)20)17-15(18)14-9-8-12(22-14)10-21-11-6-4-3-5-7-11/h3-9,13H,2,10H2,1H3,(H,17,18)(H,19,20)/t13-/m0/s1. The van der Waals surface area contributed by atoms with Crippen LogP contribution in [-0.2, 0) is 11.4 Å². The summed E-state index contributed by atoms with van der Waals surface area (Å²) in [6.45, 7) is 1.87. The number of carbonyl (C=O) groups excluding carboxylic acids is 1. The van der Waals surface area contributed by atoms with Crippen LogP contribution >= 0.6 is 0 Å². The Kier molecular flexibility index (Phi) is 5.19. The van der Waals surface area contributed by atoms with Crippen molar-refractivity contribution >= 4 is 11.9 Å². The molecular weight excluding hydrogens is 286 g/mol. The maximum absolute atomic E-state index is 11.9. The maximum Gasteiger partial charge on any atom is 0.326 e. The Morgan fingerprint density at radius 2 is 1.95 bits per heavy atom. The zero-order valence-corrected chi connectivity index (χ0v) is 12.1. The van der Waals surface area contributed by atoms with E-state index in [1.165, 1.54) is 6.07 Å². The van der Waals surface area contributed by atoms with Gasteiger partial charge in [-0.15, -0.1) is 0 Å². The SMILES string of the molecule is CC[C@H](NC(=O)c1ccc(COc2ccccc2)o1)C(=O)O. The molecule has 0 radical (unpaired) electrons. The van der Waals surface area contributed by atoms with Crippen LogP contribution in [0.1, 0.15) is 29.7 Å². The molecule has 1 aromatic carbocycles. The van der Waals surface area contributed by atoms with Gasteiger partial charge in [-0.05, 0) is 30.7 Å². The molecule has 116 valence electrons. The van der Waals surface area contributed by atoms with E-state index >= 15 is 0 Å². The van der Waals surface area contributed by atoms with E-state index in [1.807, 2.05) is 30.3 Å². The quantitative estimate of drug-likeness (QED) is 0.820. The van der Waals surface area contributed by atoms with Crippen molar-refractivity contribution in [3.8, 4) is 5.75 Å². The number of aliphatic carboxylic acids is 1. The summed E-state index contributed by atoms with van der Waals surface area (Å²) in [6.07, 6.45) is 0.297. The van der Waals surface area contributed by atoms with Gasteiger partial charge in [-0.2, -0.15) is 0 Å². The van der Waals surface area contributed by atoms with Crippen molar-refractivity contribution in [3.63, 3.8) is 0 Å². The van der Waals surface area contributed by atoms with Crippen LogP contribution in [-0.4, -0.2) is 23.0 Å². The van der Waals surface area contributed by atoms with E-state index in [0.29, 0.717) is 17.9 Å². The number of carboxylic acid groups (broad SMARTS) is 1. The Labute approximate surface area is 127 Å². The number of benzene rings is 1. The zero-order chi connectivity index (χ0) is 15.9. The zero-order valence-electron chi connectivity index (χ0n) is 12.1. The summed E-state index contributed by atoms with van der Waals surface area (Å²) in [5.41, 5.74) is 0. The Morgan fingerprint density at radius 1 is 1.23 bits per heavy atom. The van der Waals surface area contributed by atoms with Gasteiger partial charge in [0.15, 0.2) is 5.76 Å². The molecule has 22 heavy (non-hydrogen) atoms. The second kappa shape index (κ2) is 7.31. The summed E-state index contributed by atoms with van der Waals surface area (Å²) >= 11 is 0. The van der Waals surface area contributed by atoms with Crippen molar-refractivity contribution in [2.75, 3.05) is 0 Å². The molecule has 6 heteroatoms. The number of amides is 1. The molecule has 0 bridgehead atoms. The van der Waals surface area contributed by atoms with Crippen molar-refractivity contribution < 1.29 is 23.8 Å². The fraction of sp³-hybridized carbons (Fsp3) is 0.250. The third-order valence-corrected chi connectivity index (χ3v) is 3.02. The van der Waals surface area contributed by atoms with Crippen LogP contribution < -0.4 is 10.1 Å². The van der Waals surface area contributed by atoms with E-state index in [0.717, 1.165) is 0 Å². The minimum atomic E-state index is -1.07. The van der Waals surface area contributed by atoms with Gasteiger partial charge < -0.3 is 19.6 Å². The van der Waals surface area contributed by atoms with Gasteiger partial charge >= 0.3 is 5.97 Å². The predicted octanol–water partition coefficient (Wildman–Crippen LogP) is 2.45. The van der Waals surface area contributed by atoms with Gasteiger partial charge in [0.2, 0.25) is 0 Å². The molecule has 2 N–H and O–H groups in total. The number of hydrogen-bond donors (Lipinski definition) is 2. The van der Waals surface area contributed by atoms with Gasteiger partial charge in [-0.3, -0.25) is 4.79 Å². The number of carboxylic acids is 1. The van der Waals surface area contributed by atoms with Crippen LogP contribution in [0.2, 0.25) is 0 Å². The molecule has 1 atom stereocenters. The Morgan fingerprint density at radius 3 is 2.59 bits per heavy atom. The van der Waals surface area contributed by atoms with E-state index in [-0.39, 0.29) is 12.4 Å². The third-order valence-electron chi connectivity index (χ3n) is 3.02. The molecule has 0 saturated heterocycles. The average molecular weight is 303 g/mol. The van der Waals surface area contributed by atoms with E-state index in [1.54, 1.807) is 13.0 Å². The lowest BCUT2D eigenvalue weighted by Crippen LogP contribution is -2.40. The molecule has 6 nitrogen and oxygen atoms in total. The van der Waals surface area contributed by atoms with Crippen LogP contribution in [0.25, 0.3) is 0 Å². The van der Waals surface area contributed by atoms with Gasteiger partial charge in [-0.25, -0.2) is 4.79 Å². The van der Waals surface area contributed by atoms with E-state index in [4.69, 9.17) is 14.3 Å². The predicted molar refractivity (Wildman–Crippen MR) is 78.7 cm³/mol. The minimum Gasteiger partial charge on any atom is -0.486 e. The van der Waals surface area contributed by atoms with Crippen molar-refractivity contribution in [3.05, 3.63) is 54.0 Å². The smallest absolute Gasteiger partial charge is 0.326 e. The molecule has 0 aliphatic heterocycles. The lowest BCUT2D eigenvalue weighted by molar-refractivity contribution is -0.139. The summed E-state index contributed by atoms with van der Waals surface area (Å²) in [5, 5.41) is 11.3. The second-order valence-electron chi connectivity index (χ2n) is 4.64. The Bertz CT molecular complexity index is 635. The molecule has 0 fully saturated rings. The fourth-order valence-electron chi connectivity index (χ4n) is 1.82. The number of rotatable bonds is 7. The largest absolute Gasteiger partial charge is 0.486 e. The van der Waals surface area contributed by atoms with Gasteiger partial charge in [0.25, 0.3) is 5.91 Å². The lowest BCUT2D eigenvalue weighted by atomic mass is 10.2. The highest BCUT2D eigenvalue weighted by Gasteiger charge is 2.20. The highest BCUT2D eigenvalue weighted by atomic mass is 16.5. The minimum absolute atomic E-state index is 0.0614. The fourth-order valence-corrected chi connectivity index (χ4v) is 1.82. The number of hydrogen-bond acceptors (Lipinski definition) is 4. The Hall–Kier alpha value is -2.76. The van der Waals surface area contributed by atoms with Gasteiger partial charge in [-0.1, -0.05) is 25.1 Å². The summed E-state index contributed by atoms with van der Waals surface area (Å²) in [4.78, 5) is 22.8. The van der Waals surface area contributed by atoms with Crippen LogP contribution in [0.4, 0.5) is 0 Å². The molecule has 1 amide bonds. The van der Waals surface area contributed by atoms with Gasteiger partial charge in [0.1, 0.15) is 24.2 Å². The van der Waals surface area contributed by atoms with Gasteiger partial charge in [0, 0.05) is 0 Å². The molecule has 0 aliphatic carbocycles. The van der Waals surface area contributed by atoms with E-state index in [2.05, 4.69) is 5.32 Å². The summed E-state index contributed by atoms with van der Waals surface area (Å²) in [5.74, 6) is -0.388. The Balaban J connectivity index is 1.93. The first-order chi connectivity index (χ1) is 10.6. The number of nitrogens with one attached hydrogen (secondary N) is 1. The average Bonchev–Trinajstić information content (AvgIpc) is 3.00. The van der Waals surface area contributed by atoms with Gasteiger partial charge in [0.05, 0.1) is 0 Å². The molecule has 2 rings (SSSR count). The highest BCUT2D eigenvalue weighted by Crippen LogP contribution is 2.14. The first-order valence-corrected chi connectivity index (χ1v) is 6.90. The lowest BCUT2D eigenvalue weighted by Gasteiger charge is -2.10. The monoisotopic (exact) mass is 303 g/mol. The molecule has 0 aliphatic rings. The van der Waals surface area contributed by atoms with Crippen molar-refractivity contribution in [2.45, 2.75) is 26.0 Å². The number of furan rings is 1. The van der Waals surface area contributed by atoms with Crippen molar-refractivity contribution in [1.82, 2.24) is 5.32 Å². The summed E-state index contributed by atoms with van der Waals surface area (Å²) < 4.78 is 10.9. The first kappa shape index (κ1) is 15.6. The van der Waals surface area contributed by atoms with Crippen LogP contribution in [0.5, 0.6) is 5.75 Å². The van der Waals surface area contributed by atoms with E-state index in [9.17, 15) is 9.59 Å². The number of carbonyl (C=O) groups is 2. The number of para-hydroxylation sites is 1. The summed E-state index contributed by atoms with van der Waals surface area (Å²) in [6, 6.07) is 11.4. The van der Waals surface area contributed by atoms with Crippen LogP contribution in [0, 0.1) is 0 Å². The van der Waals surface area contributed by atoms with E-state index < -0.39 is 17.9 Å². The molecule has 1 aromatic heterocycles. The first-order valence-electron chi connectivity index (χ1n) is 6.90. The second-order valence-corrected chi connectivity index (χ2v) is 4.64. The molecular formula is C16H17NO5. The maximum atomic E-state index is 11.9. The van der Waals surface area contributed by atoms with Crippen LogP contribution in [0.15, 0.2) is 46.9 Å². The molecule has 0 spiro atoms. The third kappa shape index (κ3) is 4.12. The molecule has 0 unspecified atom stereocenters. The highest BCUT2D eigenvalue weighted by molar-refractivity contribution is 5.94. The van der Waals surface area contributed by atoms with Crippen LogP contribution in [0.3, 0.4) is 0 Å². The summed E-state index contributed by atoms with van der Waals surface area (Å²) in [7, 11) is 0. The molecule has 1 heterocycles. The van der Waals surface area contributed by atoms with Crippen molar-refractivity contribution in [1.29, 1.82) is 0 Å². The topological polar surface area (TPSA) is 88.8 Å². The van der Waals surface area contributed by atoms with Crippen molar-refractivity contribution in [2.24, 2.45) is 0 Å². The normalized spacial score (nSPS) is 11.7.